The van der Waals surface area contributed by atoms with E-state index in [9.17, 15) is 0 Å². The molecule has 0 saturated heterocycles. The van der Waals surface area contributed by atoms with Crippen molar-refractivity contribution in [3.8, 4) is 0 Å². The molecular formula is C19H19BN. The molecule has 0 aliphatic carbocycles. The molecule has 0 spiro atoms. The molecule has 21 heavy (non-hydrogen) atoms. The second kappa shape index (κ2) is 6.05. The number of hydrogen-bond acceptors (Lipinski definition) is 0. The molecule has 0 bridgehead atoms. The highest BCUT2D eigenvalue weighted by Crippen LogP contribution is 2.17. The molecule has 3 aromatic rings. The monoisotopic (exact) mass is 272 g/mol. The van der Waals surface area contributed by atoms with Gasteiger partial charge in [0.25, 0.3) is 0 Å². The van der Waals surface area contributed by atoms with Crippen LogP contribution in [0.2, 0.25) is 0 Å². The Kier molecular flexibility index (Phi) is 3.96. The van der Waals surface area contributed by atoms with Crippen molar-refractivity contribution in [3.05, 3.63) is 70.7 Å². The Bertz CT molecular complexity index is 874. The van der Waals surface area contributed by atoms with E-state index in [0.717, 1.165) is 6.32 Å². The van der Waals surface area contributed by atoms with Gasteiger partial charge in [-0.1, -0.05) is 49.4 Å². The van der Waals surface area contributed by atoms with Crippen molar-refractivity contribution >= 4 is 29.7 Å². The predicted octanol–water partition coefficient (Wildman–Crippen LogP) is 3.00. The summed E-state index contributed by atoms with van der Waals surface area (Å²) in [5.41, 5.74) is 3.91. The van der Waals surface area contributed by atoms with Gasteiger partial charge in [-0.25, -0.2) is 0 Å². The van der Waals surface area contributed by atoms with Gasteiger partial charge in [0.15, 0.2) is 7.28 Å². The van der Waals surface area contributed by atoms with Crippen molar-refractivity contribution in [1.29, 1.82) is 0 Å². The fourth-order valence-corrected chi connectivity index (χ4v) is 2.81. The van der Waals surface area contributed by atoms with E-state index in [1.54, 1.807) is 0 Å². The zero-order valence-corrected chi connectivity index (χ0v) is 12.6. The number of benzene rings is 2. The lowest BCUT2D eigenvalue weighted by molar-refractivity contribution is 1.42. The molecule has 0 saturated carbocycles. The third-order valence-corrected chi connectivity index (χ3v) is 4.01. The van der Waals surface area contributed by atoms with Gasteiger partial charge >= 0.3 is 0 Å². The minimum absolute atomic E-state index is 0.957. The highest BCUT2D eigenvalue weighted by molar-refractivity contribution is 6.57. The molecule has 0 amide bonds. The quantitative estimate of drug-likeness (QED) is 0.705. The van der Waals surface area contributed by atoms with Gasteiger partial charge in [-0.15, -0.1) is 5.47 Å². The van der Waals surface area contributed by atoms with Crippen molar-refractivity contribution in [1.82, 2.24) is 4.98 Å². The molecule has 1 N–H and O–H groups in total. The number of nitrogens with one attached hydrogen (secondary N) is 1. The van der Waals surface area contributed by atoms with E-state index in [2.05, 4.69) is 80.7 Å². The number of H-pyrrole nitrogens is 1. The lowest BCUT2D eigenvalue weighted by atomic mass is 9.64. The van der Waals surface area contributed by atoms with E-state index in [4.69, 9.17) is 0 Å². The first-order valence-corrected chi connectivity index (χ1v) is 7.40. The van der Waals surface area contributed by atoms with Crippen molar-refractivity contribution in [3.63, 3.8) is 0 Å². The number of fused-ring (bicyclic) bond motifs is 1. The van der Waals surface area contributed by atoms with Gasteiger partial charge < -0.3 is 4.98 Å². The summed E-state index contributed by atoms with van der Waals surface area (Å²) in [4.78, 5) is 3.27. The summed E-state index contributed by atoms with van der Waals surface area (Å²) in [5.74, 6) is 0. The molecule has 0 atom stereocenters. The molecular weight excluding hydrogens is 253 g/mol. The van der Waals surface area contributed by atoms with Crippen molar-refractivity contribution in [2.75, 3.05) is 0 Å². The van der Waals surface area contributed by atoms with Crippen molar-refractivity contribution in [2.45, 2.75) is 20.2 Å². The molecule has 1 aromatic heterocycles. The minimum Gasteiger partial charge on any atom is -0.361 e. The highest BCUT2D eigenvalue weighted by atomic mass is 14.7. The summed E-state index contributed by atoms with van der Waals surface area (Å²) >= 11 is 0. The predicted molar refractivity (Wildman–Crippen MR) is 92.7 cm³/mol. The van der Waals surface area contributed by atoms with E-state index in [1.807, 2.05) is 6.20 Å². The van der Waals surface area contributed by atoms with Gasteiger partial charge in [-0.2, -0.15) is 0 Å². The molecule has 1 heterocycles. The summed E-state index contributed by atoms with van der Waals surface area (Å²) in [6.45, 7) is 4.28. The third-order valence-electron chi connectivity index (χ3n) is 4.01. The second-order valence-corrected chi connectivity index (χ2v) is 5.32. The Hall–Kier alpha value is -2.22. The summed E-state index contributed by atoms with van der Waals surface area (Å²) in [6, 6.07) is 17.2. The Morgan fingerprint density at radius 3 is 2.81 bits per heavy atom. The van der Waals surface area contributed by atoms with E-state index in [1.165, 1.54) is 32.4 Å². The van der Waals surface area contributed by atoms with Gasteiger partial charge in [0.05, 0.1) is 0 Å². The van der Waals surface area contributed by atoms with Crippen LogP contribution in [0, 0.1) is 0 Å². The van der Waals surface area contributed by atoms with Gasteiger partial charge in [0, 0.05) is 17.1 Å². The lowest BCUT2D eigenvalue weighted by Crippen LogP contribution is -2.27. The van der Waals surface area contributed by atoms with Crippen molar-refractivity contribution in [2.24, 2.45) is 0 Å². The zero-order chi connectivity index (χ0) is 14.7. The van der Waals surface area contributed by atoms with Gasteiger partial charge in [-0.3, -0.25) is 0 Å². The van der Waals surface area contributed by atoms with Gasteiger partial charge in [0.1, 0.15) is 0 Å². The average Bonchev–Trinajstić information content (AvgIpc) is 3.01. The fourth-order valence-electron chi connectivity index (χ4n) is 2.81. The van der Waals surface area contributed by atoms with E-state index < -0.39 is 0 Å². The molecule has 0 aliphatic rings. The highest BCUT2D eigenvalue weighted by Gasteiger charge is 2.03. The maximum atomic E-state index is 3.27. The Morgan fingerprint density at radius 2 is 1.95 bits per heavy atom. The van der Waals surface area contributed by atoms with Crippen molar-refractivity contribution < 1.29 is 0 Å². The first kappa shape index (κ1) is 13.8. The molecule has 2 heteroatoms. The molecule has 103 valence electrons. The molecule has 0 fully saturated rings. The van der Waals surface area contributed by atoms with Crippen LogP contribution in [0.5, 0.6) is 0 Å². The molecule has 2 aromatic carbocycles. The molecule has 1 radical (unpaired) electrons. The second-order valence-electron chi connectivity index (χ2n) is 5.32. The molecule has 0 aliphatic heterocycles. The molecule has 1 nitrogen and oxygen atoms in total. The average molecular weight is 272 g/mol. The third kappa shape index (κ3) is 2.80. The smallest absolute Gasteiger partial charge is 0.151 e. The zero-order valence-electron chi connectivity index (χ0n) is 12.6. The number of aromatic amines is 1. The van der Waals surface area contributed by atoms with Crippen LogP contribution in [0.3, 0.4) is 0 Å². The summed E-state index contributed by atoms with van der Waals surface area (Å²) in [5, 5.41) is 3.93. The summed E-state index contributed by atoms with van der Waals surface area (Å²) in [6.07, 6.45) is 5.13. The van der Waals surface area contributed by atoms with Crippen LogP contribution in [0.25, 0.3) is 22.5 Å². The Balaban J connectivity index is 1.93. The first-order valence-electron chi connectivity index (χ1n) is 7.40. The van der Waals surface area contributed by atoms with Crippen LogP contribution in [0.1, 0.15) is 19.4 Å². The van der Waals surface area contributed by atoms with E-state index in [-0.39, 0.29) is 0 Å². The molecule has 0 unspecified atom stereocenters. The summed E-state index contributed by atoms with van der Waals surface area (Å²) in [7, 11) is 2.32. The van der Waals surface area contributed by atoms with Crippen LogP contribution < -0.4 is 10.4 Å². The van der Waals surface area contributed by atoms with Crippen LogP contribution >= 0.6 is 0 Å². The lowest BCUT2D eigenvalue weighted by Gasteiger charge is -2.04. The number of aromatic nitrogens is 1. The maximum absolute atomic E-state index is 3.27. The maximum Gasteiger partial charge on any atom is 0.151 e. The Morgan fingerprint density at radius 1 is 1.10 bits per heavy atom. The van der Waals surface area contributed by atoms with Crippen LogP contribution in [-0.2, 0) is 6.32 Å². The van der Waals surface area contributed by atoms with Gasteiger partial charge in [0.2, 0.25) is 0 Å². The number of rotatable bonds is 3. The fraction of sp³-hybridized carbons (Fsp3) is 0.158. The van der Waals surface area contributed by atoms with E-state index in [0.29, 0.717) is 0 Å². The van der Waals surface area contributed by atoms with E-state index >= 15 is 0 Å². The van der Waals surface area contributed by atoms with Crippen LogP contribution in [0.4, 0.5) is 0 Å². The normalized spacial score (nSPS) is 13.5. The topological polar surface area (TPSA) is 15.8 Å². The SMILES string of the molecule is C/C=c1/cccc/c1=C(/C)[B]Cc1cccc2[nH]ccc12. The molecule has 3 rings (SSSR count). The first-order chi connectivity index (χ1) is 10.3. The van der Waals surface area contributed by atoms with Crippen LogP contribution in [0.15, 0.2) is 54.7 Å². The summed E-state index contributed by atoms with van der Waals surface area (Å²) < 4.78 is 0. The largest absolute Gasteiger partial charge is 0.361 e. The standard InChI is InChI=1S/C19H19BN/c1-3-15-7-4-5-9-17(15)14(2)20-13-16-8-6-10-19-18(16)11-12-21-19/h3-12,21H,13H2,1-2H3/b15-3-,17-14+. The Labute approximate surface area is 126 Å². The minimum atomic E-state index is 0.957. The van der Waals surface area contributed by atoms with Gasteiger partial charge in [-0.05, 0) is 41.4 Å². The number of hydrogen-bond donors (Lipinski definition) is 1. The van der Waals surface area contributed by atoms with Crippen LogP contribution in [-0.4, -0.2) is 12.3 Å².